The van der Waals surface area contributed by atoms with Crippen molar-refractivity contribution in [2.24, 2.45) is 5.92 Å². The van der Waals surface area contributed by atoms with Crippen molar-refractivity contribution in [1.29, 1.82) is 0 Å². The lowest BCUT2D eigenvalue weighted by Crippen LogP contribution is -2.36. The van der Waals surface area contributed by atoms with E-state index in [1.165, 1.54) is 12.8 Å². The molecule has 1 fully saturated rings. The average molecular weight is 286 g/mol. The topological polar surface area (TPSA) is 29.1 Å². The molecule has 2 nitrogen and oxygen atoms in total. The van der Waals surface area contributed by atoms with Gasteiger partial charge in [0.2, 0.25) is 0 Å². The zero-order chi connectivity index (χ0) is 13.0. The maximum absolute atomic E-state index is 12.3. The van der Waals surface area contributed by atoms with Gasteiger partial charge in [0.15, 0.2) is 0 Å². The Morgan fingerprint density at radius 1 is 1.39 bits per heavy atom. The number of benzene rings is 1. The van der Waals surface area contributed by atoms with Gasteiger partial charge in [-0.05, 0) is 56.0 Å². The van der Waals surface area contributed by atoms with Crippen molar-refractivity contribution in [2.75, 3.05) is 12.3 Å². The maximum Gasteiger partial charge on any atom is 0.0545 e. The van der Waals surface area contributed by atoms with Gasteiger partial charge >= 0.3 is 0 Å². The van der Waals surface area contributed by atoms with Crippen LogP contribution in [0.4, 0.5) is 0 Å². The molecule has 1 aliphatic rings. The predicted octanol–water partition coefficient (Wildman–Crippen LogP) is 3.23. The van der Waals surface area contributed by atoms with Crippen molar-refractivity contribution in [1.82, 2.24) is 5.32 Å². The molecule has 2 atom stereocenters. The fraction of sp³-hybridized carbons (Fsp3) is 0.571. The summed E-state index contributed by atoms with van der Waals surface area (Å²) in [5, 5.41) is 4.22. The van der Waals surface area contributed by atoms with Crippen LogP contribution in [0, 0.1) is 5.92 Å². The molecule has 0 spiro atoms. The van der Waals surface area contributed by atoms with Crippen molar-refractivity contribution < 1.29 is 4.21 Å². The van der Waals surface area contributed by atoms with Crippen LogP contribution < -0.4 is 5.32 Å². The molecule has 18 heavy (non-hydrogen) atoms. The summed E-state index contributed by atoms with van der Waals surface area (Å²) >= 11 is 5.84. The van der Waals surface area contributed by atoms with Crippen molar-refractivity contribution >= 4 is 22.4 Å². The lowest BCUT2D eigenvalue weighted by Gasteiger charge is -2.17. The molecule has 0 radical (unpaired) electrons. The summed E-state index contributed by atoms with van der Waals surface area (Å²) in [4.78, 5) is 0.878. The van der Waals surface area contributed by atoms with Crippen LogP contribution in [-0.2, 0) is 10.8 Å². The Labute approximate surface area is 117 Å². The lowest BCUT2D eigenvalue weighted by molar-refractivity contribution is 0.498. The minimum atomic E-state index is -0.927. The van der Waals surface area contributed by atoms with Gasteiger partial charge < -0.3 is 5.32 Å². The van der Waals surface area contributed by atoms with E-state index in [1.54, 1.807) is 12.1 Å². The monoisotopic (exact) mass is 285 g/mol. The van der Waals surface area contributed by atoms with E-state index < -0.39 is 10.8 Å². The summed E-state index contributed by atoms with van der Waals surface area (Å²) in [6, 6.07) is 7.74. The highest BCUT2D eigenvalue weighted by Crippen LogP contribution is 2.33. The molecule has 0 aliphatic heterocycles. The fourth-order valence-corrected chi connectivity index (χ4v) is 3.51. The van der Waals surface area contributed by atoms with Crippen LogP contribution in [0.5, 0.6) is 0 Å². The average Bonchev–Trinajstić information content (AvgIpc) is 3.19. The van der Waals surface area contributed by atoms with Crippen LogP contribution in [0.2, 0.25) is 5.02 Å². The van der Waals surface area contributed by atoms with Crippen LogP contribution in [0.1, 0.15) is 26.2 Å². The minimum Gasteiger partial charge on any atom is -0.313 e. The number of hydrogen-bond acceptors (Lipinski definition) is 2. The Kier molecular flexibility index (Phi) is 5.22. The van der Waals surface area contributed by atoms with Crippen molar-refractivity contribution in [2.45, 2.75) is 37.1 Å². The first-order chi connectivity index (χ1) is 8.70. The third kappa shape index (κ3) is 4.08. The summed E-state index contributed by atoms with van der Waals surface area (Å²) < 4.78 is 12.3. The minimum absolute atomic E-state index is 0.404. The first kappa shape index (κ1) is 14.0. The highest BCUT2D eigenvalue weighted by Gasteiger charge is 2.31. The standard InChI is InChI=1S/C14H20ClNOS/c1-2-9-16-14(11-3-4-11)10-18(17)13-7-5-12(15)6-8-13/h5-8,11,14,16H,2-4,9-10H2,1H3. The maximum atomic E-state index is 12.3. The van der Waals surface area contributed by atoms with E-state index >= 15 is 0 Å². The fourth-order valence-electron chi connectivity index (χ4n) is 2.04. The number of nitrogens with one attached hydrogen (secondary N) is 1. The third-order valence-electron chi connectivity index (χ3n) is 3.26. The largest absolute Gasteiger partial charge is 0.313 e. The molecule has 1 aromatic rings. The lowest BCUT2D eigenvalue weighted by atomic mass is 10.2. The van der Waals surface area contributed by atoms with Gasteiger partial charge in [-0.25, -0.2) is 0 Å². The Bertz CT molecular complexity index is 403. The van der Waals surface area contributed by atoms with Gasteiger partial charge in [-0.3, -0.25) is 4.21 Å². The highest BCUT2D eigenvalue weighted by molar-refractivity contribution is 7.85. The summed E-state index contributed by atoms with van der Waals surface area (Å²) in [6.45, 7) is 3.17. The van der Waals surface area contributed by atoms with Gasteiger partial charge in [-0.1, -0.05) is 18.5 Å². The Morgan fingerprint density at radius 2 is 2.06 bits per heavy atom. The summed E-state index contributed by atoms with van der Waals surface area (Å²) in [5.74, 6) is 1.44. The number of hydrogen-bond donors (Lipinski definition) is 1. The zero-order valence-electron chi connectivity index (χ0n) is 10.7. The molecule has 1 saturated carbocycles. The molecule has 1 N–H and O–H groups in total. The molecule has 0 saturated heterocycles. The smallest absolute Gasteiger partial charge is 0.0545 e. The molecule has 100 valence electrons. The third-order valence-corrected chi connectivity index (χ3v) is 4.97. The van der Waals surface area contributed by atoms with E-state index in [1.807, 2.05) is 12.1 Å². The van der Waals surface area contributed by atoms with Gasteiger partial charge in [0.05, 0.1) is 10.8 Å². The molecule has 1 aliphatic carbocycles. The summed E-state index contributed by atoms with van der Waals surface area (Å²) in [7, 11) is -0.927. The first-order valence-corrected chi connectivity index (χ1v) is 8.27. The second-order valence-electron chi connectivity index (χ2n) is 4.86. The molecule has 1 aromatic carbocycles. The van der Waals surface area contributed by atoms with Gasteiger partial charge in [-0.15, -0.1) is 0 Å². The van der Waals surface area contributed by atoms with Gasteiger partial charge in [-0.2, -0.15) is 0 Å². The molecule has 4 heteroatoms. The summed E-state index contributed by atoms with van der Waals surface area (Å²) in [6.07, 6.45) is 3.68. The highest BCUT2D eigenvalue weighted by atomic mass is 35.5. The van der Waals surface area contributed by atoms with E-state index in [2.05, 4.69) is 12.2 Å². The summed E-state index contributed by atoms with van der Waals surface area (Å²) in [5.41, 5.74) is 0. The molecular formula is C14H20ClNOS. The zero-order valence-corrected chi connectivity index (χ0v) is 12.3. The van der Waals surface area contributed by atoms with Crippen LogP contribution in [-0.4, -0.2) is 22.5 Å². The quantitative estimate of drug-likeness (QED) is 0.833. The van der Waals surface area contributed by atoms with E-state index in [-0.39, 0.29) is 0 Å². The number of rotatable bonds is 7. The van der Waals surface area contributed by atoms with Crippen LogP contribution in [0.25, 0.3) is 0 Å². The predicted molar refractivity (Wildman–Crippen MR) is 77.5 cm³/mol. The number of halogens is 1. The second kappa shape index (κ2) is 6.69. The molecular weight excluding hydrogens is 266 g/mol. The van der Waals surface area contributed by atoms with Gasteiger partial charge in [0, 0.05) is 21.7 Å². The van der Waals surface area contributed by atoms with Crippen molar-refractivity contribution in [3.05, 3.63) is 29.3 Å². The Hall–Kier alpha value is -0.380. The molecule has 2 rings (SSSR count). The van der Waals surface area contributed by atoms with Crippen molar-refractivity contribution in [3.8, 4) is 0 Å². The Balaban J connectivity index is 1.93. The van der Waals surface area contributed by atoms with E-state index in [0.29, 0.717) is 16.8 Å². The Morgan fingerprint density at radius 3 is 2.61 bits per heavy atom. The first-order valence-electron chi connectivity index (χ1n) is 6.58. The van der Waals surface area contributed by atoms with E-state index in [9.17, 15) is 4.21 Å². The van der Waals surface area contributed by atoms with Crippen LogP contribution >= 0.6 is 11.6 Å². The van der Waals surface area contributed by atoms with E-state index in [4.69, 9.17) is 11.6 Å². The van der Waals surface area contributed by atoms with Gasteiger partial charge in [0.25, 0.3) is 0 Å². The van der Waals surface area contributed by atoms with Crippen LogP contribution in [0.3, 0.4) is 0 Å². The molecule has 0 bridgehead atoms. The van der Waals surface area contributed by atoms with E-state index in [0.717, 1.165) is 23.8 Å². The van der Waals surface area contributed by atoms with Crippen LogP contribution in [0.15, 0.2) is 29.2 Å². The molecule has 2 unspecified atom stereocenters. The molecule has 0 aromatic heterocycles. The normalized spacial score (nSPS) is 18.6. The van der Waals surface area contributed by atoms with Gasteiger partial charge in [0.1, 0.15) is 0 Å². The second-order valence-corrected chi connectivity index (χ2v) is 6.80. The molecule has 0 heterocycles. The molecule has 0 amide bonds. The SMILES string of the molecule is CCCNC(CS(=O)c1ccc(Cl)cc1)C1CC1. The van der Waals surface area contributed by atoms with Crippen molar-refractivity contribution in [3.63, 3.8) is 0 Å².